The number of aromatic nitrogens is 1. The van der Waals surface area contributed by atoms with Crippen LogP contribution in [-0.4, -0.2) is 23.7 Å². The predicted molar refractivity (Wildman–Crippen MR) is 83.5 cm³/mol. The van der Waals surface area contributed by atoms with Crippen LogP contribution >= 0.6 is 11.3 Å². The Kier molecular flexibility index (Phi) is 3.73. The Bertz CT molecular complexity index is 751. The summed E-state index contributed by atoms with van der Waals surface area (Å²) >= 11 is 1.21. The molecule has 2 N–H and O–H groups in total. The third-order valence-electron chi connectivity index (χ3n) is 3.50. The lowest BCUT2D eigenvalue weighted by atomic mass is 10.2. The first-order valence-corrected chi connectivity index (χ1v) is 9.02. The number of sulfonamides is 1. The van der Waals surface area contributed by atoms with Gasteiger partial charge in [-0.3, -0.25) is 0 Å². The van der Waals surface area contributed by atoms with Crippen LogP contribution in [0.5, 0.6) is 0 Å². The Morgan fingerprint density at radius 2 is 2.10 bits per heavy atom. The SMILES string of the molecule is Cc1ncc(S(=O)(=O)N(Cc2ccccc2N)C2CC2)s1. The van der Waals surface area contributed by atoms with E-state index in [-0.39, 0.29) is 6.04 Å². The summed E-state index contributed by atoms with van der Waals surface area (Å²) in [7, 11) is -3.50. The molecule has 5 nitrogen and oxygen atoms in total. The molecule has 0 atom stereocenters. The highest BCUT2D eigenvalue weighted by Crippen LogP contribution is 2.35. The van der Waals surface area contributed by atoms with Crippen molar-refractivity contribution < 1.29 is 8.42 Å². The van der Waals surface area contributed by atoms with Crippen molar-refractivity contribution in [3.63, 3.8) is 0 Å². The molecule has 1 aliphatic carbocycles. The van der Waals surface area contributed by atoms with E-state index in [1.807, 2.05) is 18.2 Å². The molecule has 21 heavy (non-hydrogen) atoms. The number of nitrogen functional groups attached to an aromatic ring is 1. The van der Waals surface area contributed by atoms with Crippen LogP contribution in [0, 0.1) is 6.92 Å². The van der Waals surface area contributed by atoms with Crippen LogP contribution in [0.15, 0.2) is 34.7 Å². The number of nitrogens with zero attached hydrogens (tertiary/aromatic N) is 2. The lowest BCUT2D eigenvalue weighted by Gasteiger charge is -2.21. The number of hydrogen-bond donors (Lipinski definition) is 1. The van der Waals surface area contributed by atoms with Crippen molar-refractivity contribution in [1.82, 2.24) is 9.29 Å². The quantitative estimate of drug-likeness (QED) is 0.857. The average Bonchev–Trinajstić information content (AvgIpc) is 3.18. The van der Waals surface area contributed by atoms with Crippen molar-refractivity contribution >= 4 is 27.0 Å². The molecule has 0 bridgehead atoms. The zero-order valence-corrected chi connectivity index (χ0v) is 13.3. The van der Waals surface area contributed by atoms with Gasteiger partial charge >= 0.3 is 0 Å². The molecule has 1 aromatic carbocycles. The number of rotatable bonds is 5. The number of thiazole rings is 1. The van der Waals surface area contributed by atoms with Crippen LogP contribution in [0.3, 0.4) is 0 Å². The van der Waals surface area contributed by atoms with Gasteiger partial charge in [0.05, 0.1) is 11.2 Å². The van der Waals surface area contributed by atoms with Gasteiger partial charge in [0, 0.05) is 18.3 Å². The maximum absolute atomic E-state index is 12.8. The highest BCUT2D eigenvalue weighted by Gasteiger charge is 2.39. The summed E-state index contributed by atoms with van der Waals surface area (Å²) in [5.41, 5.74) is 7.41. The smallest absolute Gasteiger partial charge is 0.254 e. The summed E-state index contributed by atoms with van der Waals surface area (Å²) in [6.07, 6.45) is 3.26. The maximum Gasteiger partial charge on any atom is 0.254 e. The first-order valence-electron chi connectivity index (χ1n) is 6.76. The molecule has 0 unspecified atom stereocenters. The van der Waals surface area contributed by atoms with Crippen molar-refractivity contribution in [1.29, 1.82) is 0 Å². The third-order valence-corrected chi connectivity index (χ3v) is 6.75. The molecule has 0 spiro atoms. The third kappa shape index (κ3) is 2.95. The molecular formula is C14H17N3O2S2. The molecule has 2 aromatic rings. The van der Waals surface area contributed by atoms with E-state index in [9.17, 15) is 8.42 Å². The summed E-state index contributed by atoms with van der Waals surface area (Å²) in [5.74, 6) is 0. The Morgan fingerprint density at radius 3 is 2.67 bits per heavy atom. The van der Waals surface area contributed by atoms with E-state index in [2.05, 4.69) is 4.98 Å². The highest BCUT2D eigenvalue weighted by molar-refractivity contribution is 7.91. The minimum absolute atomic E-state index is 0.0806. The van der Waals surface area contributed by atoms with Crippen LogP contribution < -0.4 is 5.73 Å². The monoisotopic (exact) mass is 323 g/mol. The normalized spacial score (nSPS) is 15.5. The summed E-state index contributed by atoms with van der Waals surface area (Å²) in [6.45, 7) is 2.12. The van der Waals surface area contributed by atoms with Gasteiger partial charge in [0.1, 0.15) is 0 Å². The van der Waals surface area contributed by atoms with Crippen LogP contribution in [-0.2, 0) is 16.6 Å². The van der Waals surface area contributed by atoms with Crippen LogP contribution in [0.1, 0.15) is 23.4 Å². The lowest BCUT2D eigenvalue weighted by Crippen LogP contribution is -2.32. The summed E-state index contributed by atoms with van der Waals surface area (Å²) < 4.78 is 27.5. The Labute approximate surface area is 128 Å². The van der Waals surface area contributed by atoms with Crippen LogP contribution in [0.25, 0.3) is 0 Å². The van der Waals surface area contributed by atoms with Gasteiger partial charge in [0.2, 0.25) is 0 Å². The second kappa shape index (κ2) is 5.40. The van der Waals surface area contributed by atoms with Gasteiger partial charge in [-0.1, -0.05) is 18.2 Å². The van der Waals surface area contributed by atoms with Gasteiger partial charge in [0.25, 0.3) is 10.0 Å². The Morgan fingerprint density at radius 1 is 1.38 bits per heavy atom. The molecule has 0 aliphatic heterocycles. The number of hydrogen-bond acceptors (Lipinski definition) is 5. The zero-order valence-electron chi connectivity index (χ0n) is 11.7. The van der Waals surface area contributed by atoms with E-state index in [1.165, 1.54) is 17.5 Å². The molecule has 1 aromatic heterocycles. The van der Waals surface area contributed by atoms with Crippen LogP contribution in [0.4, 0.5) is 5.69 Å². The molecule has 1 aliphatic rings. The van der Waals surface area contributed by atoms with Gasteiger partial charge in [-0.25, -0.2) is 13.4 Å². The van der Waals surface area contributed by atoms with Crippen molar-refractivity contribution in [3.05, 3.63) is 41.0 Å². The topological polar surface area (TPSA) is 76.3 Å². The molecule has 112 valence electrons. The molecule has 7 heteroatoms. The maximum atomic E-state index is 12.8. The Hall–Kier alpha value is -1.44. The summed E-state index contributed by atoms with van der Waals surface area (Å²) in [4.78, 5) is 4.06. The first-order chi connectivity index (χ1) is 9.98. The fraction of sp³-hybridized carbons (Fsp3) is 0.357. The summed E-state index contributed by atoms with van der Waals surface area (Å²) in [5, 5.41) is 0.753. The molecule has 0 saturated heterocycles. The molecule has 1 heterocycles. The van der Waals surface area contributed by atoms with Crippen molar-refractivity contribution in [2.45, 2.75) is 36.6 Å². The number of nitrogens with two attached hydrogens (primary N) is 1. The van der Waals surface area contributed by atoms with Gasteiger partial charge < -0.3 is 5.73 Å². The van der Waals surface area contributed by atoms with Gasteiger partial charge in [-0.2, -0.15) is 4.31 Å². The minimum Gasteiger partial charge on any atom is -0.398 e. The molecule has 0 amide bonds. The number of aryl methyl sites for hydroxylation is 1. The van der Waals surface area contributed by atoms with Crippen molar-refractivity contribution in [2.75, 3.05) is 5.73 Å². The molecule has 3 rings (SSSR count). The fourth-order valence-electron chi connectivity index (χ4n) is 2.20. The standard InChI is InChI=1S/C14H17N3O2S2/c1-10-16-8-14(20-10)21(18,19)17(12-6-7-12)9-11-4-2-3-5-13(11)15/h2-5,8,12H,6-7,9,15H2,1H3. The molecular weight excluding hydrogens is 306 g/mol. The number of anilines is 1. The van der Waals surface area contributed by atoms with Gasteiger partial charge in [-0.15, -0.1) is 11.3 Å². The zero-order chi connectivity index (χ0) is 15.0. The second-order valence-corrected chi connectivity index (χ2v) is 8.53. The van der Waals surface area contributed by atoms with E-state index in [0.29, 0.717) is 16.4 Å². The van der Waals surface area contributed by atoms with Gasteiger partial charge in [-0.05, 0) is 31.4 Å². The minimum atomic E-state index is -3.50. The summed E-state index contributed by atoms with van der Waals surface area (Å²) in [6, 6.07) is 7.47. The van der Waals surface area contributed by atoms with Crippen LogP contribution in [0.2, 0.25) is 0 Å². The average molecular weight is 323 g/mol. The number of benzene rings is 1. The number of para-hydroxylation sites is 1. The van der Waals surface area contributed by atoms with E-state index in [0.717, 1.165) is 23.4 Å². The van der Waals surface area contributed by atoms with Gasteiger partial charge in [0.15, 0.2) is 4.21 Å². The predicted octanol–water partition coefficient (Wildman–Crippen LogP) is 2.39. The van der Waals surface area contributed by atoms with E-state index >= 15 is 0 Å². The highest BCUT2D eigenvalue weighted by atomic mass is 32.2. The Balaban J connectivity index is 1.94. The van der Waals surface area contributed by atoms with Crippen molar-refractivity contribution in [2.24, 2.45) is 0 Å². The molecule has 1 fully saturated rings. The first kappa shape index (κ1) is 14.5. The molecule has 1 saturated carbocycles. The van der Waals surface area contributed by atoms with E-state index in [4.69, 9.17) is 5.73 Å². The fourth-order valence-corrected chi connectivity index (χ4v) is 5.10. The second-order valence-electron chi connectivity index (χ2n) is 5.18. The van der Waals surface area contributed by atoms with E-state index < -0.39 is 10.0 Å². The van der Waals surface area contributed by atoms with E-state index in [1.54, 1.807) is 17.3 Å². The largest absolute Gasteiger partial charge is 0.398 e. The molecule has 0 radical (unpaired) electrons. The van der Waals surface area contributed by atoms with Crippen molar-refractivity contribution in [3.8, 4) is 0 Å². The lowest BCUT2D eigenvalue weighted by molar-refractivity contribution is 0.400.